The minimum absolute atomic E-state index is 0.381. The molecule has 0 N–H and O–H groups in total. The highest BCUT2D eigenvalue weighted by molar-refractivity contribution is 9.10. The van der Waals surface area contributed by atoms with Crippen molar-refractivity contribution in [2.45, 2.75) is 18.2 Å². The predicted octanol–water partition coefficient (Wildman–Crippen LogP) is 2.15. The van der Waals surface area contributed by atoms with Gasteiger partial charge in [-0.25, -0.2) is 0 Å². The van der Waals surface area contributed by atoms with Crippen molar-refractivity contribution in [3.63, 3.8) is 0 Å². The molecule has 0 heterocycles. The molecule has 0 saturated carbocycles. The second-order valence-electron chi connectivity index (χ2n) is 3.01. The standard InChI is InChI=1S/C7H14BrO5P/c1-7(2,8)6(9)13-5-14(10,11-3)12-4/h5H2,1-4H3. The van der Waals surface area contributed by atoms with Crippen molar-refractivity contribution in [2.24, 2.45) is 0 Å². The van der Waals surface area contributed by atoms with Gasteiger partial charge in [0.15, 0.2) is 6.35 Å². The van der Waals surface area contributed by atoms with Gasteiger partial charge in [-0.2, -0.15) is 0 Å². The summed E-state index contributed by atoms with van der Waals surface area (Å²) in [5.74, 6) is -0.521. The molecule has 7 heteroatoms. The first-order valence-corrected chi connectivity index (χ1v) is 6.34. The second-order valence-corrected chi connectivity index (χ2v) is 7.20. The molecular weight excluding hydrogens is 275 g/mol. The number of hydrogen-bond acceptors (Lipinski definition) is 5. The minimum Gasteiger partial charge on any atom is -0.452 e. The van der Waals surface area contributed by atoms with Crippen LogP contribution in [0.15, 0.2) is 0 Å². The van der Waals surface area contributed by atoms with E-state index in [9.17, 15) is 9.36 Å². The average molecular weight is 289 g/mol. The number of rotatable bonds is 5. The smallest absolute Gasteiger partial charge is 0.367 e. The number of halogens is 1. The third-order valence-corrected chi connectivity index (χ3v) is 3.28. The van der Waals surface area contributed by atoms with E-state index in [1.165, 1.54) is 14.2 Å². The van der Waals surface area contributed by atoms with Crippen LogP contribution in [0.2, 0.25) is 0 Å². The highest BCUT2D eigenvalue weighted by Crippen LogP contribution is 2.46. The van der Waals surface area contributed by atoms with Crippen LogP contribution in [0.5, 0.6) is 0 Å². The summed E-state index contributed by atoms with van der Waals surface area (Å²) in [5, 5.41) is 0. The van der Waals surface area contributed by atoms with Crippen LogP contribution < -0.4 is 0 Å². The van der Waals surface area contributed by atoms with Crippen molar-refractivity contribution in [2.75, 3.05) is 20.6 Å². The zero-order valence-electron chi connectivity index (χ0n) is 8.57. The molecule has 0 spiro atoms. The molecular formula is C7H14BrO5P. The SMILES string of the molecule is COP(=O)(COC(=O)C(C)(C)Br)OC. The molecule has 0 radical (unpaired) electrons. The monoisotopic (exact) mass is 288 g/mol. The van der Waals surface area contributed by atoms with E-state index < -0.39 is 17.9 Å². The molecule has 0 aliphatic rings. The largest absolute Gasteiger partial charge is 0.452 e. The molecule has 0 aromatic rings. The molecule has 0 rings (SSSR count). The van der Waals surface area contributed by atoms with E-state index in [4.69, 9.17) is 4.74 Å². The van der Waals surface area contributed by atoms with Crippen LogP contribution in [-0.4, -0.2) is 30.9 Å². The zero-order valence-corrected chi connectivity index (χ0v) is 11.1. The van der Waals surface area contributed by atoms with Gasteiger partial charge in [0.2, 0.25) is 0 Å². The maximum Gasteiger partial charge on any atom is 0.367 e. The summed E-state index contributed by atoms with van der Waals surface area (Å²) < 4.78 is 24.6. The highest BCUT2D eigenvalue weighted by Gasteiger charge is 2.30. The Kier molecular flexibility index (Phi) is 5.30. The Morgan fingerprint density at radius 3 is 2.07 bits per heavy atom. The Hall–Kier alpha value is 0.1000. The lowest BCUT2D eigenvalue weighted by Crippen LogP contribution is -2.27. The number of ether oxygens (including phenoxy) is 1. The summed E-state index contributed by atoms with van der Waals surface area (Å²) >= 11 is 3.11. The maximum absolute atomic E-state index is 11.4. The topological polar surface area (TPSA) is 61.8 Å². The molecule has 0 aliphatic heterocycles. The fourth-order valence-electron chi connectivity index (χ4n) is 0.489. The average Bonchev–Trinajstić information content (AvgIpc) is 2.12. The predicted molar refractivity (Wildman–Crippen MR) is 55.6 cm³/mol. The molecule has 0 aromatic carbocycles. The number of esters is 1. The summed E-state index contributed by atoms with van der Waals surface area (Å²) in [7, 11) is -0.801. The van der Waals surface area contributed by atoms with Gasteiger partial charge in [-0.1, -0.05) is 15.9 Å². The zero-order chi connectivity index (χ0) is 11.4. The second kappa shape index (κ2) is 5.26. The molecule has 0 bridgehead atoms. The van der Waals surface area contributed by atoms with Gasteiger partial charge >= 0.3 is 13.6 Å². The summed E-state index contributed by atoms with van der Waals surface area (Å²) in [6.45, 7) is 3.25. The number of hydrogen-bond donors (Lipinski definition) is 0. The van der Waals surface area contributed by atoms with Crippen molar-refractivity contribution in [3.8, 4) is 0 Å². The van der Waals surface area contributed by atoms with Crippen LogP contribution in [0.3, 0.4) is 0 Å². The van der Waals surface area contributed by atoms with E-state index >= 15 is 0 Å². The van der Waals surface area contributed by atoms with Gasteiger partial charge < -0.3 is 13.8 Å². The first-order chi connectivity index (χ1) is 6.25. The lowest BCUT2D eigenvalue weighted by atomic mass is 10.2. The number of alkyl halides is 1. The van der Waals surface area contributed by atoms with Crippen molar-refractivity contribution >= 4 is 29.5 Å². The van der Waals surface area contributed by atoms with Crippen LogP contribution in [0.1, 0.15) is 13.8 Å². The van der Waals surface area contributed by atoms with Gasteiger partial charge in [0.1, 0.15) is 4.32 Å². The van der Waals surface area contributed by atoms with E-state index in [0.717, 1.165) is 0 Å². The van der Waals surface area contributed by atoms with Crippen LogP contribution in [-0.2, 0) is 23.1 Å². The fourth-order valence-corrected chi connectivity index (χ4v) is 1.24. The van der Waals surface area contributed by atoms with E-state index in [0.29, 0.717) is 0 Å². The van der Waals surface area contributed by atoms with E-state index in [2.05, 4.69) is 25.0 Å². The maximum atomic E-state index is 11.4. The van der Waals surface area contributed by atoms with Gasteiger partial charge in [0.25, 0.3) is 0 Å². The van der Waals surface area contributed by atoms with E-state index in [1.54, 1.807) is 13.8 Å². The highest BCUT2D eigenvalue weighted by atomic mass is 79.9. The third kappa shape index (κ3) is 4.55. The molecule has 0 aliphatic carbocycles. The molecule has 84 valence electrons. The molecule has 0 unspecified atom stereocenters. The Labute approximate surface area is 91.8 Å². The summed E-state index contributed by atoms with van der Waals surface area (Å²) in [6, 6.07) is 0. The summed E-state index contributed by atoms with van der Waals surface area (Å²) in [5.41, 5.74) is 0. The summed E-state index contributed by atoms with van der Waals surface area (Å²) in [4.78, 5) is 11.2. The molecule has 0 fully saturated rings. The Bertz CT molecular complexity index is 239. The third-order valence-electron chi connectivity index (χ3n) is 1.40. The lowest BCUT2D eigenvalue weighted by molar-refractivity contribution is -0.143. The molecule has 5 nitrogen and oxygen atoms in total. The molecule has 0 saturated heterocycles. The van der Waals surface area contributed by atoms with Crippen molar-refractivity contribution in [3.05, 3.63) is 0 Å². The number of carbonyl (C=O) groups is 1. The van der Waals surface area contributed by atoms with Gasteiger partial charge in [-0.15, -0.1) is 0 Å². The lowest BCUT2D eigenvalue weighted by Gasteiger charge is -2.17. The van der Waals surface area contributed by atoms with E-state index in [1.807, 2.05) is 0 Å². The normalized spacial score (nSPS) is 12.6. The van der Waals surface area contributed by atoms with Gasteiger partial charge in [-0.3, -0.25) is 9.36 Å². The molecule has 14 heavy (non-hydrogen) atoms. The van der Waals surface area contributed by atoms with Crippen LogP contribution >= 0.6 is 23.5 Å². The molecule has 0 amide bonds. The quantitative estimate of drug-likeness (QED) is 0.441. The van der Waals surface area contributed by atoms with Crippen LogP contribution in [0.25, 0.3) is 0 Å². The van der Waals surface area contributed by atoms with Gasteiger partial charge in [0, 0.05) is 14.2 Å². The van der Waals surface area contributed by atoms with Crippen molar-refractivity contribution < 1.29 is 23.1 Å². The molecule has 0 atom stereocenters. The van der Waals surface area contributed by atoms with Gasteiger partial charge in [0.05, 0.1) is 0 Å². The van der Waals surface area contributed by atoms with Crippen LogP contribution in [0.4, 0.5) is 0 Å². The number of carbonyl (C=O) groups excluding carboxylic acids is 1. The van der Waals surface area contributed by atoms with Crippen LogP contribution in [0, 0.1) is 0 Å². The van der Waals surface area contributed by atoms with Crippen molar-refractivity contribution in [1.82, 2.24) is 0 Å². The Morgan fingerprint density at radius 2 is 1.79 bits per heavy atom. The first kappa shape index (κ1) is 14.1. The van der Waals surface area contributed by atoms with E-state index in [-0.39, 0.29) is 6.35 Å². The fraction of sp³-hybridized carbons (Fsp3) is 0.857. The summed E-state index contributed by atoms with van der Waals surface area (Å²) in [6.07, 6.45) is -0.381. The van der Waals surface area contributed by atoms with Crippen molar-refractivity contribution in [1.29, 1.82) is 0 Å². The Morgan fingerprint density at radius 1 is 1.36 bits per heavy atom. The first-order valence-electron chi connectivity index (χ1n) is 3.82. The minimum atomic E-state index is -3.27. The molecule has 0 aromatic heterocycles. The van der Waals surface area contributed by atoms with Gasteiger partial charge in [-0.05, 0) is 13.8 Å². The Balaban J connectivity index is 4.19.